The van der Waals surface area contributed by atoms with E-state index in [0.29, 0.717) is 20.5 Å². The van der Waals surface area contributed by atoms with Crippen LogP contribution in [-0.2, 0) is 19.2 Å². The molecule has 0 spiro atoms. The third kappa shape index (κ3) is 3.20. The van der Waals surface area contributed by atoms with E-state index >= 15 is 0 Å². The van der Waals surface area contributed by atoms with Crippen LogP contribution in [0.5, 0.6) is 0 Å². The number of thiocarbonyl (C=S) groups is 2. The lowest BCUT2D eigenvalue weighted by molar-refractivity contribution is -0.197. The molecule has 0 aromatic carbocycles. The van der Waals surface area contributed by atoms with Crippen LogP contribution in [0.15, 0.2) is 17.3 Å². The maximum Gasteiger partial charge on any atom is 0.333 e. The normalized spacial score (nSPS) is 18.6. The van der Waals surface area contributed by atoms with Crippen molar-refractivity contribution >= 4 is 57.7 Å². The number of carbonyl (C=O) groups excluding carboxylic acids is 3. The molecule has 104 valence electrons. The van der Waals surface area contributed by atoms with Gasteiger partial charge in [-0.15, -0.1) is 5.06 Å². The van der Waals surface area contributed by atoms with Crippen molar-refractivity contribution < 1.29 is 19.2 Å². The zero-order valence-electron chi connectivity index (χ0n) is 10.3. The highest BCUT2D eigenvalue weighted by atomic mass is 32.1. The lowest BCUT2D eigenvalue weighted by atomic mass is 10.1. The first-order chi connectivity index (χ1) is 9.49. The molecule has 0 N–H and O–H groups in total. The van der Waals surface area contributed by atoms with Crippen LogP contribution in [0, 0.1) is 0 Å². The number of hydrogen-bond donors (Lipinski definition) is 0. The van der Waals surface area contributed by atoms with Crippen LogP contribution in [0.1, 0.15) is 25.7 Å². The van der Waals surface area contributed by atoms with Crippen molar-refractivity contribution in [1.82, 2.24) is 5.06 Å². The fraction of sp³-hybridized carbons (Fsp3) is 0.333. The standard InChI is InChI=1S/C12H10N2O4S2/c15-9-2-3-10(16)14(9)18-11(17)4-1-7-12(20)8(19)5-6-13-7/h5-6H,1-4H2. The van der Waals surface area contributed by atoms with E-state index in [4.69, 9.17) is 29.3 Å². The monoisotopic (exact) mass is 310 g/mol. The zero-order valence-corrected chi connectivity index (χ0v) is 12.0. The van der Waals surface area contributed by atoms with Gasteiger partial charge >= 0.3 is 5.97 Å². The van der Waals surface area contributed by atoms with Gasteiger partial charge in [0.25, 0.3) is 11.8 Å². The molecule has 0 unspecified atom stereocenters. The summed E-state index contributed by atoms with van der Waals surface area (Å²) in [5, 5.41) is 0.522. The van der Waals surface area contributed by atoms with Crippen LogP contribution in [0.25, 0.3) is 0 Å². The van der Waals surface area contributed by atoms with Crippen LogP contribution >= 0.6 is 24.4 Å². The predicted octanol–water partition coefficient (Wildman–Crippen LogP) is 1.08. The van der Waals surface area contributed by atoms with Crippen molar-refractivity contribution in [3.8, 4) is 0 Å². The van der Waals surface area contributed by atoms with Crippen molar-refractivity contribution in [2.75, 3.05) is 0 Å². The summed E-state index contributed by atoms with van der Waals surface area (Å²) in [5.41, 5.74) is 0.531. The fourth-order valence-corrected chi connectivity index (χ4v) is 2.08. The van der Waals surface area contributed by atoms with Crippen LogP contribution in [0.3, 0.4) is 0 Å². The van der Waals surface area contributed by atoms with Crippen molar-refractivity contribution in [3.63, 3.8) is 0 Å². The molecule has 0 aromatic heterocycles. The summed E-state index contributed by atoms with van der Waals surface area (Å²) in [4.78, 5) is 43.9. The number of amides is 2. The highest BCUT2D eigenvalue weighted by Crippen LogP contribution is 2.13. The minimum Gasteiger partial charge on any atom is -0.330 e. The quantitative estimate of drug-likeness (QED) is 0.571. The van der Waals surface area contributed by atoms with Crippen molar-refractivity contribution in [2.45, 2.75) is 25.7 Å². The van der Waals surface area contributed by atoms with Gasteiger partial charge < -0.3 is 4.84 Å². The number of hydrogen-bond acceptors (Lipinski definition) is 7. The van der Waals surface area contributed by atoms with Gasteiger partial charge in [0.2, 0.25) is 0 Å². The molecule has 0 radical (unpaired) electrons. The molecule has 0 bridgehead atoms. The van der Waals surface area contributed by atoms with E-state index in [1.807, 2.05) is 0 Å². The average Bonchev–Trinajstić information content (AvgIpc) is 2.72. The number of aliphatic imine (C=N–C) groups is 1. The SMILES string of the molecule is O=C(CCC1=NC=CC(=S)C1=S)ON1C(=O)CCC1=O. The van der Waals surface area contributed by atoms with Crippen molar-refractivity contribution in [3.05, 3.63) is 12.3 Å². The lowest BCUT2D eigenvalue weighted by Gasteiger charge is -2.13. The molecule has 0 atom stereocenters. The second-order valence-electron chi connectivity index (χ2n) is 4.13. The van der Waals surface area contributed by atoms with Gasteiger partial charge in [0.1, 0.15) is 0 Å². The van der Waals surface area contributed by atoms with Gasteiger partial charge in [-0.2, -0.15) is 0 Å². The Labute approximate surface area is 125 Å². The van der Waals surface area contributed by atoms with E-state index in [9.17, 15) is 14.4 Å². The molecule has 2 aliphatic heterocycles. The molecule has 8 heteroatoms. The first-order valence-corrected chi connectivity index (χ1v) is 6.69. The maximum absolute atomic E-state index is 11.6. The van der Waals surface area contributed by atoms with E-state index in [1.165, 1.54) is 6.20 Å². The van der Waals surface area contributed by atoms with Gasteiger partial charge in [-0.05, 0) is 6.08 Å². The zero-order chi connectivity index (χ0) is 14.7. The van der Waals surface area contributed by atoms with E-state index in [1.54, 1.807) is 6.08 Å². The Morgan fingerprint density at radius 2 is 1.95 bits per heavy atom. The molecule has 2 aliphatic rings. The second-order valence-corrected chi connectivity index (χ2v) is 4.98. The molecule has 1 fully saturated rings. The third-order valence-electron chi connectivity index (χ3n) is 2.71. The Hall–Kier alpha value is -1.80. The summed E-state index contributed by atoms with van der Waals surface area (Å²) < 4.78 is 0. The fourth-order valence-electron chi connectivity index (χ4n) is 1.68. The summed E-state index contributed by atoms with van der Waals surface area (Å²) in [7, 11) is 0. The maximum atomic E-state index is 11.6. The molecular formula is C12H10N2O4S2. The van der Waals surface area contributed by atoms with Crippen molar-refractivity contribution in [2.24, 2.45) is 4.99 Å². The number of allylic oxidation sites excluding steroid dienone is 1. The smallest absolute Gasteiger partial charge is 0.330 e. The molecule has 1 saturated heterocycles. The van der Waals surface area contributed by atoms with E-state index in [2.05, 4.69) is 4.99 Å². The van der Waals surface area contributed by atoms with E-state index in [0.717, 1.165) is 0 Å². The Morgan fingerprint density at radius 3 is 2.60 bits per heavy atom. The molecule has 0 saturated carbocycles. The molecule has 2 amide bonds. The van der Waals surface area contributed by atoms with Gasteiger partial charge in [-0.1, -0.05) is 24.4 Å². The van der Waals surface area contributed by atoms with Crippen LogP contribution in [0.2, 0.25) is 0 Å². The molecular weight excluding hydrogens is 300 g/mol. The highest BCUT2D eigenvalue weighted by Gasteiger charge is 2.32. The first-order valence-electron chi connectivity index (χ1n) is 5.87. The Morgan fingerprint density at radius 1 is 1.30 bits per heavy atom. The molecule has 2 rings (SSSR count). The summed E-state index contributed by atoms with van der Waals surface area (Å²) in [6, 6.07) is 0. The number of carbonyl (C=O) groups is 3. The Kier molecular flexibility index (Phi) is 4.46. The minimum absolute atomic E-state index is 0.0352. The largest absolute Gasteiger partial charge is 0.333 e. The average molecular weight is 310 g/mol. The summed E-state index contributed by atoms with van der Waals surface area (Å²) in [6.07, 6.45) is 3.49. The first kappa shape index (κ1) is 14.6. The lowest BCUT2D eigenvalue weighted by Crippen LogP contribution is -2.32. The molecule has 0 aromatic rings. The van der Waals surface area contributed by atoms with Crippen LogP contribution < -0.4 is 0 Å². The predicted molar refractivity (Wildman–Crippen MR) is 78.2 cm³/mol. The topological polar surface area (TPSA) is 76.0 Å². The Bertz CT molecular complexity index is 564. The number of imide groups is 1. The highest BCUT2D eigenvalue weighted by molar-refractivity contribution is 7.91. The molecule has 6 nitrogen and oxygen atoms in total. The molecule has 0 aliphatic carbocycles. The van der Waals surface area contributed by atoms with Gasteiger partial charge in [-0.25, -0.2) is 4.79 Å². The minimum atomic E-state index is -0.681. The van der Waals surface area contributed by atoms with Gasteiger partial charge in [0.05, 0.1) is 21.9 Å². The van der Waals surface area contributed by atoms with Crippen LogP contribution in [0.4, 0.5) is 0 Å². The Balaban J connectivity index is 1.87. The second kappa shape index (κ2) is 6.10. The summed E-state index contributed by atoms with van der Waals surface area (Å²) in [5.74, 6) is -1.68. The van der Waals surface area contributed by atoms with Crippen LogP contribution in [-0.4, -0.2) is 38.3 Å². The molecule has 20 heavy (non-hydrogen) atoms. The number of nitrogens with zero attached hydrogens (tertiary/aromatic N) is 2. The van der Waals surface area contributed by atoms with Gasteiger partial charge in [-0.3, -0.25) is 14.6 Å². The van der Waals surface area contributed by atoms with E-state index in [-0.39, 0.29) is 25.7 Å². The summed E-state index contributed by atoms with van der Waals surface area (Å²) >= 11 is 10.1. The van der Waals surface area contributed by atoms with Crippen molar-refractivity contribution in [1.29, 1.82) is 0 Å². The number of hydroxylamine groups is 2. The summed E-state index contributed by atoms with van der Waals surface area (Å²) in [6.45, 7) is 0. The van der Waals surface area contributed by atoms with E-state index < -0.39 is 17.8 Å². The molecule has 2 heterocycles. The van der Waals surface area contributed by atoms with Gasteiger partial charge in [0, 0.05) is 25.5 Å². The third-order valence-corrected chi connectivity index (χ3v) is 3.63. The van der Waals surface area contributed by atoms with Gasteiger partial charge in [0.15, 0.2) is 0 Å². The number of rotatable bonds is 4.